The number of rotatable bonds is 9. The molecule has 0 aliphatic heterocycles. The van der Waals surface area contributed by atoms with E-state index in [1.54, 1.807) is 29.2 Å². The molecule has 0 fully saturated rings. The molecule has 0 saturated heterocycles. The first-order chi connectivity index (χ1) is 15.5. The maximum Gasteiger partial charge on any atom is 0.258 e. The van der Waals surface area contributed by atoms with Gasteiger partial charge >= 0.3 is 0 Å². The summed E-state index contributed by atoms with van der Waals surface area (Å²) in [5.74, 6) is 0.431. The first-order valence-electron chi connectivity index (χ1n) is 10.7. The Labute approximate surface area is 189 Å². The van der Waals surface area contributed by atoms with Gasteiger partial charge in [0.15, 0.2) is 0 Å². The fraction of sp³-hybridized carbons (Fsp3) is 0.231. The molecule has 3 aromatic rings. The third-order valence-electron chi connectivity index (χ3n) is 4.73. The van der Waals surface area contributed by atoms with Crippen molar-refractivity contribution in [1.82, 2.24) is 0 Å². The number of anilines is 3. The summed E-state index contributed by atoms with van der Waals surface area (Å²) in [6.45, 7) is 6.51. The summed E-state index contributed by atoms with van der Waals surface area (Å²) in [7, 11) is 0. The van der Waals surface area contributed by atoms with E-state index in [4.69, 9.17) is 4.74 Å². The molecule has 0 radical (unpaired) electrons. The van der Waals surface area contributed by atoms with E-state index in [2.05, 4.69) is 10.6 Å². The van der Waals surface area contributed by atoms with Gasteiger partial charge in [-0.25, -0.2) is 0 Å². The molecule has 0 atom stereocenters. The van der Waals surface area contributed by atoms with E-state index in [0.717, 1.165) is 11.4 Å². The Hall–Kier alpha value is -3.80. The van der Waals surface area contributed by atoms with Crippen LogP contribution in [0.4, 0.5) is 17.1 Å². The van der Waals surface area contributed by atoms with Gasteiger partial charge in [0.05, 0.1) is 18.3 Å². The van der Waals surface area contributed by atoms with Crippen LogP contribution in [0, 0.1) is 0 Å². The van der Waals surface area contributed by atoms with E-state index in [9.17, 15) is 9.59 Å². The first-order valence-corrected chi connectivity index (χ1v) is 10.7. The van der Waals surface area contributed by atoms with E-state index in [1.165, 1.54) is 0 Å². The van der Waals surface area contributed by atoms with Crippen LogP contribution in [-0.4, -0.2) is 31.0 Å². The minimum atomic E-state index is -0.192. The van der Waals surface area contributed by atoms with Crippen LogP contribution in [-0.2, 0) is 4.79 Å². The van der Waals surface area contributed by atoms with Crippen molar-refractivity contribution in [3.05, 3.63) is 84.4 Å². The van der Waals surface area contributed by atoms with Gasteiger partial charge in [-0.1, -0.05) is 30.3 Å². The van der Waals surface area contributed by atoms with Crippen molar-refractivity contribution < 1.29 is 14.3 Å². The fourth-order valence-corrected chi connectivity index (χ4v) is 3.25. The number of hydrogen-bond acceptors (Lipinski definition) is 4. The largest absolute Gasteiger partial charge is 0.489 e. The van der Waals surface area contributed by atoms with Crippen molar-refractivity contribution in [2.75, 3.05) is 28.6 Å². The highest BCUT2D eigenvalue weighted by molar-refractivity contribution is 6.06. The number of carbonyl (C=O) groups is 2. The summed E-state index contributed by atoms with van der Waals surface area (Å²) in [6.07, 6.45) is 0.0403. The standard InChI is InChI=1S/C26H29N3O3/c1-4-29(22-10-6-5-7-11-22)26(31)20-14-16-21(17-15-20)28-25(30)18-27-23-12-8-9-13-24(23)32-19(2)3/h5-17,19,27H,4,18H2,1-3H3,(H,28,30). The molecule has 0 bridgehead atoms. The van der Waals surface area contributed by atoms with Crippen molar-refractivity contribution in [3.63, 3.8) is 0 Å². The van der Waals surface area contributed by atoms with E-state index < -0.39 is 0 Å². The molecule has 3 aromatic carbocycles. The lowest BCUT2D eigenvalue weighted by molar-refractivity contribution is -0.114. The normalized spacial score (nSPS) is 10.5. The first kappa shape index (κ1) is 22.9. The molecule has 2 N–H and O–H groups in total. The summed E-state index contributed by atoms with van der Waals surface area (Å²) in [5, 5.41) is 5.96. The SMILES string of the molecule is CCN(C(=O)c1ccc(NC(=O)CNc2ccccc2OC(C)C)cc1)c1ccccc1. The van der Waals surface area contributed by atoms with Crippen LogP contribution in [0.1, 0.15) is 31.1 Å². The lowest BCUT2D eigenvalue weighted by atomic mass is 10.1. The molecule has 6 nitrogen and oxygen atoms in total. The zero-order valence-electron chi connectivity index (χ0n) is 18.7. The maximum absolute atomic E-state index is 12.9. The van der Waals surface area contributed by atoms with Crippen molar-refractivity contribution in [1.29, 1.82) is 0 Å². The Kier molecular flexibility index (Phi) is 7.86. The third kappa shape index (κ3) is 6.11. The van der Waals surface area contributed by atoms with Crippen LogP contribution in [0.5, 0.6) is 5.75 Å². The number of nitrogens with one attached hydrogen (secondary N) is 2. The molecule has 0 saturated carbocycles. The molecule has 2 amide bonds. The zero-order valence-corrected chi connectivity index (χ0v) is 18.7. The average Bonchev–Trinajstić information content (AvgIpc) is 2.80. The predicted molar refractivity (Wildman–Crippen MR) is 130 cm³/mol. The van der Waals surface area contributed by atoms with Crippen LogP contribution < -0.4 is 20.3 Å². The molecule has 166 valence electrons. The smallest absolute Gasteiger partial charge is 0.258 e. The molecule has 0 aromatic heterocycles. The summed E-state index contributed by atoms with van der Waals surface area (Å²) in [4.78, 5) is 27.0. The monoisotopic (exact) mass is 431 g/mol. The highest BCUT2D eigenvalue weighted by Gasteiger charge is 2.16. The molecule has 0 unspecified atom stereocenters. The van der Waals surface area contributed by atoms with E-state index >= 15 is 0 Å². The summed E-state index contributed by atoms with van der Waals surface area (Å²) >= 11 is 0. The fourth-order valence-electron chi connectivity index (χ4n) is 3.25. The molecular weight excluding hydrogens is 402 g/mol. The Bertz CT molecular complexity index is 1030. The van der Waals surface area contributed by atoms with Gasteiger partial charge in [-0.15, -0.1) is 0 Å². The highest BCUT2D eigenvalue weighted by Crippen LogP contribution is 2.24. The number of benzene rings is 3. The van der Waals surface area contributed by atoms with Gasteiger partial charge < -0.3 is 20.3 Å². The van der Waals surface area contributed by atoms with Crippen LogP contribution >= 0.6 is 0 Å². The van der Waals surface area contributed by atoms with Gasteiger partial charge in [-0.3, -0.25) is 9.59 Å². The van der Waals surface area contributed by atoms with E-state index in [1.807, 2.05) is 75.4 Å². The second kappa shape index (κ2) is 11.0. The van der Waals surface area contributed by atoms with E-state index in [-0.39, 0.29) is 24.5 Å². The summed E-state index contributed by atoms with van der Waals surface area (Å²) in [5.41, 5.74) is 2.80. The van der Waals surface area contributed by atoms with Crippen LogP contribution in [0.15, 0.2) is 78.9 Å². The number of para-hydroxylation sites is 3. The molecule has 0 heterocycles. The number of hydrogen-bond donors (Lipinski definition) is 2. The molecule has 3 rings (SSSR count). The van der Waals surface area contributed by atoms with Crippen molar-refractivity contribution in [3.8, 4) is 5.75 Å². The Morgan fingerprint density at radius 3 is 2.22 bits per heavy atom. The molecular formula is C26H29N3O3. The molecule has 0 aliphatic rings. The maximum atomic E-state index is 12.9. The Morgan fingerprint density at radius 2 is 1.56 bits per heavy atom. The number of amides is 2. The highest BCUT2D eigenvalue weighted by atomic mass is 16.5. The van der Waals surface area contributed by atoms with Crippen molar-refractivity contribution in [2.24, 2.45) is 0 Å². The Morgan fingerprint density at radius 1 is 0.906 bits per heavy atom. The zero-order chi connectivity index (χ0) is 22.9. The van der Waals surface area contributed by atoms with Crippen LogP contribution in [0.3, 0.4) is 0 Å². The second-order valence-electron chi connectivity index (χ2n) is 7.53. The number of nitrogens with zero attached hydrogens (tertiary/aromatic N) is 1. The molecule has 0 spiro atoms. The minimum Gasteiger partial charge on any atom is -0.489 e. The quantitative estimate of drug-likeness (QED) is 0.489. The van der Waals surface area contributed by atoms with E-state index in [0.29, 0.717) is 23.5 Å². The average molecular weight is 432 g/mol. The predicted octanol–water partition coefficient (Wildman–Crippen LogP) is 5.19. The Balaban J connectivity index is 1.59. The van der Waals surface area contributed by atoms with Crippen molar-refractivity contribution in [2.45, 2.75) is 26.9 Å². The lowest BCUT2D eigenvalue weighted by Gasteiger charge is -2.21. The lowest BCUT2D eigenvalue weighted by Crippen LogP contribution is -2.30. The van der Waals surface area contributed by atoms with Gasteiger partial charge in [-0.2, -0.15) is 0 Å². The molecule has 6 heteroatoms. The van der Waals surface area contributed by atoms with Gasteiger partial charge in [0.25, 0.3) is 5.91 Å². The van der Waals surface area contributed by atoms with Crippen LogP contribution in [0.25, 0.3) is 0 Å². The second-order valence-corrected chi connectivity index (χ2v) is 7.53. The van der Waals surface area contributed by atoms with Gasteiger partial charge in [0, 0.05) is 23.5 Å². The third-order valence-corrected chi connectivity index (χ3v) is 4.73. The van der Waals surface area contributed by atoms with Gasteiger partial charge in [0.1, 0.15) is 5.75 Å². The van der Waals surface area contributed by atoms with Gasteiger partial charge in [0.2, 0.25) is 5.91 Å². The topological polar surface area (TPSA) is 70.7 Å². The van der Waals surface area contributed by atoms with Crippen LogP contribution in [0.2, 0.25) is 0 Å². The molecule has 32 heavy (non-hydrogen) atoms. The molecule has 0 aliphatic carbocycles. The number of ether oxygens (including phenoxy) is 1. The minimum absolute atomic E-state index is 0.0403. The van der Waals surface area contributed by atoms with Gasteiger partial charge in [-0.05, 0) is 69.3 Å². The van der Waals surface area contributed by atoms with Crippen molar-refractivity contribution >= 4 is 28.9 Å². The summed E-state index contributed by atoms with van der Waals surface area (Å²) in [6, 6.07) is 24.0. The number of carbonyl (C=O) groups excluding carboxylic acids is 2. The summed E-state index contributed by atoms with van der Waals surface area (Å²) < 4.78 is 5.76.